The van der Waals surface area contributed by atoms with Gasteiger partial charge >= 0.3 is 6.03 Å². The highest BCUT2D eigenvalue weighted by Crippen LogP contribution is 2.25. The molecule has 0 radical (unpaired) electrons. The Morgan fingerprint density at radius 3 is 2.68 bits per heavy atom. The van der Waals surface area contributed by atoms with Crippen molar-refractivity contribution >= 4 is 6.03 Å². The van der Waals surface area contributed by atoms with E-state index in [0.717, 1.165) is 25.8 Å². The van der Waals surface area contributed by atoms with E-state index in [1.165, 1.54) is 19.3 Å². The Labute approximate surface area is 116 Å². The molecule has 1 aliphatic carbocycles. The Balaban J connectivity index is 1.85. The van der Waals surface area contributed by atoms with Crippen LogP contribution in [0.5, 0.6) is 0 Å². The number of nitrogens with one attached hydrogen (secondary N) is 1. The summed E-state index contributed by atoms with van der Waals surface area (Å²) in [6.07, 6.45) is 6.57. The summed E-state index contributed by atoms with van der Waals surface area (Å²) < 4.78 is 0. The average molecular weight is 268 g/mol. The number of carbonyl (C=O) groups is 1. The number of aliphatic hydroxyl groups is 1. The fraction of sp³-hybridized carbons (Fsp3) is 0.933. The number of amides is 2. The second kappa shape index (κ2) is 6.60. The van der Waals surface area contributed by atoms with Crippen LogP contribution in [-0.2, 0) is 0 Å². The predicted octanol–water partition coefficient (Wildman–Crippen LogP) is 2.37. The van der Waals surface area contributed by atoms with E-state index in [1.54, 1.807) is 0 Å². The summed E-state index contributed by atoms with van der Waals surface area (Å²) in [6.45, 7) is 5.59. The molecule has 1 saturated heterocycles. The van der Waals surface area contributed by atoms with Gasteiger partial charge in [0.1, 0.15) is 0 Å². The summed E-state index contributed by atoms with van der Waals surface area (Å²) in [5, 5.41) is 12.9. The van der Waals surface area contributed by atoms with Crippen LogP contribution in [0.25, 0.3) is 0 Å². The molecule has 4 atom stereocenters. The summed E-state index contributed by atoms with van der Waals surface area (Å²) in [7, 11) is 0. The lowest BCUT2D eigenvalue weighted by atomic mass is 9.86. The number of likely N-dealkylation sites (tertiary alicyclic amines) is 1. The molecule has 1 saturated carbocycles. The molecule has 19 heavy (non-hydrogen) atoms. The summed E-state index contributed by atoms with van der Waals surface area (Å²) in [6, 6.07) is 0.414. The lowest BCUT2D eigenvalue weighted by Gasteiger charge is -2.37. The average Bonchev–Trinajstić information content (AvgIpc) is 2.41. The molecule has 0 aromatic rings. The van der Waals surface area contributed by atoms with Gasteiger partial charge in [-0.05, 0) is 38.5 Å². The smallest absolute Gasteiger partial charge is 0.317 e. The molecule has 0 bridgehead atoms. The molecule has 2 amide bonds. The lowest BCUT2D eigenvalue weighted by molar-refractivity contribution is 0.0723. The minimum absolute atomic E-state index is 0.0732. The van der Waals surface area contributed by atoms with Crippen molar-refractivity contribution in [2.45, 2.75) is 64.5 Å². The largest absolute Gasteiger partial charge is 0.393 e. The number of hydrogen-bond donors (Lipinski definition) is 2. The quantitative estimate of drug-likeness (QED) is 0.808. The standard InChI is InChI=1S/C15H28N2O2/c1-11-6-3-4-8-14(11)16-15(19)17-9-5-7-13(10-17)12(2)18/h11-14,18H,3-10H2,1-2H3,(H,16,19). The molecule has 4 nitrogen and oxygen atoms in total. The number of rotatable bonds is 2. The van der Waals surface area contributed by atoms with Crippen LogP contribution in [0, 0.1) is 11.8 Å². The third kappa shape index (κ3) is 3.85. The van der Waals surface area contributed by atoms with Crippen LogP contribution in [0.3, 0.4) is 0 Å². The number of carbonyl (C=O) groups excluding carboxylic acids is 1. The van der Waals surface area contributed by atoms with E-state index >= 15 is 0 Å². The highest BCUT2D eigenvalue weighted by Gasteiger charge is 2.29. The number of hydrogen-bond acceptors (Lipinski definition) is 2. The van der Waals surface area contributed by atoms with Gasteiger partial charge < -0.3 is 15.3 Å². The number of nitrogens with zero attached hydrogens (tertiary/aromatic N) is 1. The first-order valence-electron chi connectivity index (χ1n) is 7.81. The van der Waals surface area contributed by atoms with Crippen molar-refractivity contribution in [1.29, 1.82) is 0 Å². The molecule has 110 valence electrons. The summed E-state index contributed by atoms with van der Waals surface area (Å²) in [4.78, 5) is 14.2. The minimum Gasteiger partial charge on any atom is -0.393 e. The Morgan fingerprint density at radius 2 is 2.00 bits per heavy atom. The number of piperidine rings is 1. The zero-order valence-electron chi connectivity index (χ0n) is 12.3. The molecule has 0 aromatic carbocycles. The van der Waals surface area contributed by atoms with Gasteiger partial charge in [-0.15, -0.1) is 0 Å². The van der Waals surface area contributed by atoms with Gasteiger partial charge in [0.15, 0.2) is 0 Å². The van der Waals surface area contributed by atoms with E-state index < -0.39 is 0 Å². The summed E-state index contributed by atoms with van der Waals surface area (Å²) >= 11 is 0. The first kappa shape index (κ1) is 14.6. The Morgan fingerprint density at radius 1 is 1.26 bits per heavy atom. The molecule has 0 spiro atoms. The van der Waals surface area contributed by atoms with E-state index in [-0.39, 0.29) is 18.1 Å². The number of aliphatic hydroxyl groups excluding tert-OH is 1. The third-order valence-electron chi connectivity index (χ3n) is 4.85. The molecule has 2 fully saturated rings. The van der Waals surface area contributed by atoms with Crippen molar-refractivity contribution in [3.05, 3.63) is 0 Å². The van der Waals surface area contributed by atoms with Crippen LogP contribution in [0.2, 0.25) is 0 Å². The summed E-state index contributed by atoms with van der Waals surface area (Å²) in [5.74, 6) is 0.832. The zero-order valence-corrected chi connectivity index (χ0v) is 12.3. The molecule has 0 aromatic heterocycles. The molecular formula is C15H28N2O2. The van der Waals surface area contributed by atoms with Gasteiger partial charge in [0.2, 0.25) is 0 Å². The minimum atomic E-state index is -0.316. The van der Waals surface area contributed by atoms with Crippen LogP contribution >= 0.6 is 0 Å². The van der Waals surface area contributed by atoms with Crippen LogP contribution in [0.1, 0.15) is 52.4 Å². The van der Waals surface area contributed by atoms with Crippen LogP contribution in [0.4, 0.5) is 4.79 Å². The second-order valence-electron chi connectivity index (χ2n) is 6.41. The molecule has 2 rings (SSSR count). The molecule has 4 unspecified atom stereocenters. The van der Waals surface area contributed by atoms with Gasteiger partial charge in [0.05, 0.1) is 6.10 Å². The highest BCUT2D eigenvalue weighted by atomic mass is 16.3. The van der Waals surface area contributed by atoms with Crippen LogP contribution < -0.4 is 5.32 Å². The Kier molecular flexibility index (Phi) is 5.08. The first-order valence-corrected chi connectivity index (χ1v) is 7.81. The van der Waals surface area contributed by atoms with Gasteiger partial charge in [-0.2, -0.15) is 0 Å². The lowest BCUT2D eigenvalue weighted by Crippen LogP contribution is -2.51. The fourth-order valence-corrected chi connectivity index (χ4v) is 3.37. The highest BCUT2D eigenvalue weighted by molar-refractivity contribution is 5.74. The molecule has 2 N–H and O–H groups in total. The Hall–Kier alpha value is -0.770. The van der Waals surface area contributed by atoms with Crippen molar-refractivity contribution < 1.29 is 9.90 Å². The molecular weight excluding hydrogens is 240 g/mol. The molecule has 4 heteroatoms. The molecule has 2 aliphatic rings. The van der Waals surface area contributed by atoms with Crippen LogP contribution in [0.15, 0.2) is 0 Å². The van der Waals surface area contributed by atoms with Crippen molar-refractivity contribution in [3.8, 4) is 0 Å². The topological polar surface area (TPSA) is 52.6 Å². The van der Waals surface area contributed by atoms with Gasteiger partial charge in [0, 0.05) is 25.0 Å². The van der Waals surface area contributed by atoms with E-state index in [2.05, 4.69) is 12.2 Å². The Bertz CT molecular complexity index is 307. The van der Waals surface area contributed by atoms with Gasteiger partial charge in [-0.25, -0.2) is 4.79 Å². The van der Waals surface area contributed by atoms with E-state index in [1.807, 2.05) is 11.8 Å². The summed E-state index contributed by atoms with van der Waals surface area (Å²) in [5.41, 5.74) is 0. The van der Waals surface area contributed by atoms with Crippen molar-refractivity contribution in [1.82, 2.24) is 10.2 Å². The monoisotopic (exact) mass is 268 g/mol. The maximum absolute atomic E-state index is 12.3. The van der Waals surface area contributed by atoms with E-state index in [4.69, 9.17) is 0 Å². The third-order valence-corrected chi connectivity index (χ3v) is 4.85. The van der Waals surface area contributed by atoms with Gasteiger partial charge in [0.25, 0.3) is 0 Å². The van der Waals surface area contributed by atoms with Crippen molar-refractivity contribution in [2.75, 3.05) is 13.1 Å². The SMILES string of the molecule is CC(O)C1CCCN(C(=O)NC2CCCCC2C)C1. The normalized spacial score (nSPS) is 33.8. The first-order chi connectivity index (χ1) is 9.08. The maximum Gasteiger partial charge on any atom is 0.317 e. The van der Waals surface area contributed by atoms with Crippen LogP contribution in [-0.4, -0.2) is 41.3 Å². The molecule has 1 heterocycles. The van der Waals surface area contributed by atoms with Crippen molar-refractivity contribution in [3.63, 3.8) is 0 Å². The van der Waals surface area contributed by atoms with E-state index in [0.29, 0.717) is 18.5 Å². The van der Waals surface area contributed by atoms with Gasteiger partial charge in [-0.3, -0.25) is 0 Å². The number of urea groups is 1. The van der Waals surface area contributed by atoms with Crippen molar-refractivity contribution in [2.24, 2.45) is 11.8 Å². The predicted molar refractivity (Wildman–Crippen MR) is 75.9 cm³/mol. The van der Waals surface area contributed by atoms with E-state index in [9.17, 15) is 9.90 Å². The fourth-order valence-electron chi connectivity index (χ4n) is 3.37. The molecule has 1 aliphatic heterocycles. The van der Waals surface area contributed by atoms with Gasteiger partial charge in [-0.1, -0.05) is 19.8 Å². The zero-order chi connectivity index (χ0) is 13.8. The second-order valence-corrected chi connectivity index (χ2v) is 6.41. The maximum atomic E-state index is 12.3.